The van der Waals surface area contributed by atoms with E-state index in [1.165, 1.54) is 0 Å². The van der Waals surface area contributed by atoms with Crippen LogP contribution in [0.15, 0.2) is 30.7 Å². The Morgan fingerprint density at radius 2 is 2.09 bits per heavy atom. The van der Waals surface area contributed by atoms with Gasteiger partial charge in [0.2, 0.25) is 0 Å². The van der Waals surface area contributed by atoms with E-state index in [2.05, 4.69) is 25.9 Å². The molecule has 1 heterocycles. The maximum absolute atomic E-state index is 12.0. The highest BCUT2D eigenvalue weighted by atomic mass is 16.2. The summed E-state index contributed by atoms with van der Waals surface area (Å²) in [7, 11) is 0. The first kappa shape index (κ1) is 16.5. The van der Waals surface area contributed by atoms with E-state index in [9.17, 15) is 9.59 Å². The van der Waals surface area contributed by atoms with Crippen LogP contribution in [0.3, 0.4) is 0 Å². The molecule has 0 bridgehead atoms. The number of nitrogens with one attached hydrogen (secondary N) is 4. The molecule has 0 radical (unpaired) electrons. The van der Waals surface area contributed by atoms with Gasteiger partial charge in [-0.15, -0.1) is 0 Å². The fraction of sp³-hybridized carbons (Fsp3) is 0.312. The summed E-state index contributed by atoms with van der Waals surface area (Å²) in [6.07, 6.45) is 4.00. The molecule has 2 aromatic rings. The van der Waals surface area contributed by atoms with Crippen molar-refractivity contribution in [3.8, 4) is 0 Å². The van der Waals surface area contributed by atoms with E-state index in [0.717, 1.165) is 11.3 Å². The number of carbonyl (C=O) groups excluding carboxylic acids is 2. The number of aromatic nitrogens is 2. The second-order valence-corrected chi connectivity index (χ2v) is 5.10. The second-order valence-electron chi connectivity index (χ2n) is 5.10. The van der Waals surface area contributed by atoms with Gasteiger partial charge in [-0.05, 0) is 31.5 Å². The molecule has 0 unspecified atom stereocenters. The van der Waals surface area contributed by atoms with Gasteiger partial charge in [-0.3, -0.25) is 4.79 Å². The average Bonchev–Trinajstić information content (AvgIpc) is 3.03. The number of urea groups is 1. The van der Waals surface area contributed by atoms with Crippen molar-refractivity contribution in [1.29, 1.82) is 0 Å². The number of hydrogen-bond donors (Lipinski definition) is 4. The van der Waals surface area contributed by atoms with Crippen LogP contribution in [-0.2, 0) is 6.42 Å². The van der Waals surface area contributed by atoms with Gasteiger partial charge in [-0.2, -0.15) is 0 Å². The zero-order chi connectivity index (χ0) is 16.7. The van der Waals surface area contributed by atoms with Crippen LogP contribution < -0.4 is 16.0 Å². The Hall–Kier alpha value is -2.83. The summed E-state index contributed by atoms with van der Waals surface area (Å²) in [5.41, 5.74) is 2.99. The molecule has 0 aliphatic carbocycles. The smallest absolute Gasteiger partial charge is 0.319 e. The first-order valence-electron chi connectivity index (χ1n) is 7.51. The zero-order valence-corrected chi connectivity index (χ0v) is 13.3. The average molecular weight is 315 g/mol. The van der Waals surface area contributed by atoms with Crippen molar-refractivity contribution in [2.45, 2.75) is 20.3 Å². The summed E-state index contributed by atoms with van der Waals surface area (Å²) in [4.78, 5) is 30.7. The number of H-pyrrole nitrogens is 1. The summed E-state index contributed by atoms with van der Waals surface area (Å²) in [6.45, 7) is 4.78. The van der Waals surface area contributed by atoms with E-state index in [-0.39, 0.29) is 11.9 Å². The van der Waals surface area contributed by atoms with Crippen molar-refractivity contribution in [3.05, 3.63) is 47.5 Å². The van der Waals surface area contributed by atoms with Crippen LogP contribution in [0.1, 0.15) is 28.5 Å². The number of aryl methyl sites for hydroxylation is 1. The number of nitrogens with zero attached hydrogens (tertiary/aromatic N) is 1. The number of benzene rings is 1. The number of hydrogen-bond acceptors (Lipinski definition) is 3. The molecule has 0 aliphatic rings. The van der Waals surface area contributed by atoms with Crippen LogP contribution in [0.25, 0.3) is 0 Å². The minimum atomic E-state index is -0.305. The first-order valence-corrected chi connectivity index (χ1v) is 7.51. The normalized spacial score (nSPS) is 10.2. The van der Waals surface area contributed by atoms with Crippen molar-refractivity contribution in [3.63, 3.8) is 0 Å². The quantitative estimate of drug-likeness (QED) is 0.654. The largest absolute Gasteiger partial charge is 0.352 e. The Bertz CT molecular complexity index is 667. The SMILES string of the molecule is CCNC(=O)c1ccc(C)c(NC(=O)NCCc2cnc[nH]2)c1. The molecular weight excluding hydrogens is 294 g/mol. The highest BCUT2D eigenvalue weighted by Crippen LogP contribution is 2.16. The molecular formula is C16H21N5O2. The van der Waals surface area contributed by atoms with Crippen molar-refractivity contribution in [2.75, 3.05) is 18.4 Å². The van der Waals surface area contributed by atoms with Gasteiger partial charge in [-0.25, -0.2) is 9.78 Å². The number of aromatic amines is 1. The van der Waals surface area contributed by atoms with Gasteiger partial charge in [0, 0.05) is 42.7 Å². The van der Waals surface area contributed by atoms with Crippen LogP contribution in [0, 0.1) is 6.92 Å². The number of carbonyl (C=O) groups is 2. The van der Waals surface area contributed by atoms with E-state index in [1.807, 2.05) is 19.9 Å². The molecule has 0 saturated heterocycles. The summed E-state index contributed by atoms with van der Waals surface area (Å²) in [5, 5.41) is 8.28. The summed E-state index contributed by atoms with van der Waals surface area (Å²) in [5.74, 6) is -0.157. The Morgan fingerprint density at radius 3 is 2.78 bits per heavy atom. The van der Waals surface area contributed by atoms with Crippen LogP contribution in [0.2, 0.25) is 0 Å². The predicted molar refractivity (Wildman–Crippen MR) is 88.5 cm³/mol. The van der Waals surface area contributed by atoms with Crippen LogP contribution in [0.5, 0.6) is 0 Å². The zero-order valence-electron chi connectivity index (χ0n) is 13.3. The molecule has 1 aromatic carbocycles. The van der Waals surface area contributed by atoms with E-state index >= 15 is 0 Å². The summed E-state index contributed by atoms with van der Waals surface area (Å²) >= 11 is 0. The molecule has 2 rings (SSSR count). The minimum absolute atomic E-state index is 0.157. The van der Waals surface area contributed by atoms with E-state index in [1.54, 1.807) is 24.7 Å². The van der Waals surface area contributed by atoms with Gasteiger partial charge >= 0.3 is 6.03 Å². The molecule has 0 atom stereocenters. The first-order chi connectivity index (χ1) is 11.1. The molecule has 7 nitrogen and oxygen atoms in total. The topological polar surface area (TPSA) is 98.9 Å². The molecule has 0 aliphatic heterocycles. The predicted octanol–water partition coefficient (Wildman–Crippen LogP) is 1.83. The Kier molecular flexibility index (Phi) is 5.74. The van der Waals surface area contributed by atoms with Gasteiger partial charge < -0.3 is 20.9 Å². The number of amides is 3. The monoisotopic (exact) mass is 315 g/mol. The molecule has 122 valence electrons. The maximum Gasteiger partial charge on any atom is 0.319 e. The Labute approximate surface area is 134 Å². The number of anilines is 1. The molecule has 23 heavy (non-hydrogen) atoms. The fourth-order valence-corrected chi connectivity index (χ4v) is 2.06. The van der Waals surface area contributed by atoms with Crippen molar-refractivity contribution in [2.24, 2.45) is 0 Å². The van der Waals surface area contributed by atoms with E-state index in [4.69, 9.17) is 0 Å². The van der Waals surface area contributed by atoms with Gasteiger partial charge in [0.15, 0.2) is 0 Å². The lowest BCUT2D eigenvalue weighted by molar-refractivity contribution is 0.0956. The third-order valence-corrected chi connectivity index (χ3v) is 3.32. The van der Waals surface area contributed by atoms with Crippen molar-refractivity contribution >= 4 is 17.6 Å². The van der Waals surface area contributed by atoms with Gasteiger partial charge in [0.05, 0.1) is 6.33 Å². The van der Waals surface area contributed by atoms with Crippen molar-refractivity contribution < 1.29 is 9.59 Å². The molecule has 7 heteroatoms. The maximum atomic E-state index is 12.0. The van der Waals surface area contributed by atoms with Crippen molar-refractivity contribution in [1.82, 2.24) is 20.6 Å². The highest BCUT2D eigenvalue weighted by molar-refractivity contribution is 5.97. The summed E-state index contributed by atoms with van der Waals surface area (Å²) < 4.78 is 0. The van der Waals surface area contributed by atoms with Gasteiger partial charge in [0.1, 0.15) is 0 Å². The van der Waals surface area contributed by atoms with E-state index < -0.39 is 0 Å². The Morgan fingerprint density at radius 1 is 1.26 bits per heavy atom. The number of rotatable bonds is 6. The second kappa shape index (κ2) is 7.98. The van der Waals surface area contributed by atoms with Crippen LogP contribution in [0.4, 0.5) is 10.5 Å². The molecule has 0 fully saturated rings. The van der Waals surface area contributed by atoms with Gasteiger partial charge in [0.25, 0.3) is 5.91 Å². The van der Waals surface area contributed by atoms with Crippen LogP contribution >= 0.6 is 0 Å². The van der Waals surface area contributed by atoms with Crippen LogP contribution in [-0.4, -0.2) is 35.0 Å². The lowest BCUT2D eigenvalue weighted by Gasteiger charge is -2.11. The van der Waals surface area contributed by atoms with E-state index in [0.29, 0.717) is 30.8 Å². The summed E-state index contributed by atoms with van der Waals surface area (Å²) in [6, 6.07) is 4.92. The lowest BCUT2D eigenvalue weighted by atomic mass is 10.1. The number of imidazole rings is 1. The third kappa shape index (κ3) is 4.84. The Balaban J connectivity index is 1.91. The van der Waals surface area contributed by atoms with Gasteiger partial charge in [-0.1, -0.05) is 6.07 Å². The molecule has 4 N–H and O–H groups in total. The molecule has 0 saturated carbocycles. The third-order valence-electron chi connectivity index (χ3n) is 3.32. The molecule has 3 amide bonds. The fourth-order valence-electron chi connectivity index (χ4n) is 2.06. The molecule has 1 aromatic heterocycles. The lowest BCUT2D eigenvalue weighted by Crippen LogP contribution is -2.31. The molecule has 0 spiro atoms. The minimum Gasteiger partial charge on any atom is -0.352 e. The standard InChI is InChI=1S/C16H21N5O2/c1-3-18-15(22)12-5-4-11(2)14(8-12)21-16(23)19-7-6-13-9-17-10-20-13/h4-5,8-10H,3,6-7H2,1-2H3,(H,17,20)(H,18,22)(H2,19,21,23). The highest BCUT2D eigenvalue weighted by Gasteiger charge is 2.09.